The molecule has 2 aliphatic heterocycles. The van der Waals surface area contributed by atoms with Crippen LogP contribution in [0.3, 0.4) is 0 Å². The van der Waals surface area contributed by atoms with Crippen molar-refractivity contribution in [3.05, 3.63) is 29.4 Å². The number of nitrogens with one attached hydrogen (secondary N) is 1. The highest BCUT2D eigenvalue weighted by molar-refractivity contribution is 5.79. The summed E-state index contributed by atoms with van der Waals surface area (Å²) >= 11 is 0. The van der Waals surface area contributed by atoms with E-state index < -0.39 is 12.0 Å². The summed E-state index contributed by atoms with van der Waals surface area (Å²) in [5, 5.41) is 3.16. The van der Waals surface area contributed by atoms with Crippen molar-refractivity contribution in [1.82, 2.24) is 19.8 Å². The molecule has 1 saturated heterocycles. The highest BCUT2D eigenvalue weighted by Gasteiger charge is 2.41. The minimum atomic E-state index is -4.44. The highest BCUT2D eigenvalue weighted by Crippen LogP contribution is 2.37. The van der Waals surface area contributed by atoms with Gasteiger partial charge >= 0.3 is 6.18 Å². The molecule has 3 heterocycles. The Kier molecular flexibility index (Phi) is 5.49. The van der Waals surface area contributed by atoms with E-state index in [4.69, 9.17) is 0 Å². The molecule has 1 amide bonds. The molecule has 0 unspecified atom stereocenters. The van der Waals surface area contributed by atoms with Crippen molar-refractivity contribution in [2.45, 2.75) is 63.7 Å². The van der Waals surface area contributed by atoms with E-state index in [-0.39, 0.29) is 17.7 Å². The van der Waals surface area contributed by atoms with E-state index in [1.807, 2.05) is 4.90 Å². The van der Waals surface area contributed by atoms with Gasteiger partial charge < -0.3 is 14.8 Å². The third kappa shape index (κ3) is 3.83. The van der Waals surface area contributed by atoms with Gasteiger partial charge in [-0.05, 0) is 38.5 Å². The molecule has 154 valence electrons. The predicted octanol–water partition coefficient (Wildman–Crippen LogP) is 3.46. The number of piperidine rings is 1. The maximum Gasteiger partial charge on any atom is 0.449 e. The molecule has 0 atom stereocenters. The molecule has 1 aromatic heterocycles. The Morgan fingerprint density at radius 2 is 1.75 bits per heavy atom. The molecule has 1 aliphatic carbocycles. The fourth-order valence-corrected chi connectivity index (χ4v) is 4.73. The molecule has 3 aliphatic rings. The average molecular weight is 396 g/mol. The molecule has 5 nitrogen and oxygen atoms in total. The van der Waals surface area contributed by atoms with Crippen molar-refractivity contribution >= 4 is 5.91 Å². The third-order valence-corrected chi connectivity index (χ3v) is 6.23. The van der Waals surface area contributed by atoms with Gasteiger partial charge in [0.25, 0.3) is 0 Å². The van der Waals surface area contributed by atoms with Gasteiger partial charge in [0.1, 0.15) is 0 Å². The average Bonchev–Trinajstić information content (AvgIpc) is 2.88. The number of aromatic nitrogens is 2. The Hall–Kier alpha value is -1.83. The summed E-state index contributed by atoms with van der Waals surface area (Å²) in [6.07, 6.45) is 4.89. The molecular formula is C20H27F3N4O. The van der Waals surface area contributed by atoms with Crippen molar-refractivity contribution in [1.29, 1.82) is 0 Å². The van der Waals surface area contributed by atoms with Crippen LogP contribution in [0.15, 0.2) is 12.2 Å². The minimum absolute atomic E-state index is 0.0166. The van der Waals surface area contributed by atoms with Crippen LogP contribution in [-0.4, -0.2) is 40.0 Å². The number of rotatable bonds is 2. The number of halogens is 3. The van der Waals surface area contributed by atoms with Gasteiger partial charge in [-0.3, -0.25) is 4.79 Å². The molecule has 8 heteroatoms. The number of hydrogen-bond acceptors (Lipinski definition) is 3. The topological polar surface area (TPSA) is 50.2 Å². The van der Waals surface area contributed by atoms with E-state index in [0.717, 1.165) is 25.7 Å². The molecular weight excluding hydrogens is 369 g/mol. The molecule has 4 rings (SSSR count). The predicted molar refractivity (Wildman–Crippen MR) is 98.6 cm³/mol. The van der Waals surface area contributed by atoms with Crippen LogP contribution in [0.2, 0.25) is 0 Å². The summed E-state index contributed by atoms with van der Waals surface area (Å²) in [5.41, 5.74) is 1.24. The lowest BCUT2D eigenvalue weighted by Gasteiger charge is -2.34. The van der Waals surface area contributed by atoms with Crippen LogP contribution in [0.5, 0.6) is 0 Å². The molecule has 0 spiro atoms. The van der Waals surface area contributed by atoms with E-state index in [9.17, 15) is 18.0 Å². The number of amides is 1. The van der Waals surface area contributed by atoms with Crippen LogP contribution in [0.4, 0.5) is 13.2 Å². The lowest BCUT2D eigenvalue weighted by molar-refractivity contribution is -0.147. The maximum atomic E-state index is 13.4. The van der Waals surface area contributed by atoms with Gasteiger partial charge in [-0.2, -0.15) is 13.2 Å². The number of nitrogens with zero attached hydrogens (tertiary/aromatic N) is 3. The Labute approximate surface area is 163 Å². The van der Waals surface area contributed by atoms with E-state index >= 15 is 0 Å². The van der Waals surface area contributed by atoms with E-state index in [0.29, 0.717) is 57.0 Å². The monoisotopic (exact) mass is 396 g/mol. The molecule has 1 N–H and O–H groups in total. The van der Waals surface area contributed by atoms with Gasteiger partial charge in [0, 0.05) is 44.6 Å². The fourth-order valence-electron chi connectivity index (χ4n) is 4.73. The Bertz CT molecular complexity index is 737. The number of imidazole rings is 1. The van der Waals surface area contributed by atoms with Crippen molar-refractivity contribution in [3.8, 4) is 0 Å². The van der Waals surface area contributed by atoms with Crippen molar-refractivity contribution < 1.29 is 18.0 Å². The Balaban J connectivity index is 1.45. The van der Waals surface area contributed by atoms with Crippen LogP contribution in [-0.2, 0) is 24.1 Å². The quantitative estimate of drug-likeness (QED) is 0.779. The van der Waals surface area contributed by atoms with Gasteiger partial charge in [0.05, 0.1) is 11.4 Å². The van der Waals surface area contributed by atoms with Crippen molar-refractivity contribution in [2.24, 2.45) is 5.92 Å². The first-order valence-electron chi connectivity index (χ1n) is 10.3. The number of allylic oxidation sites excluding steroid dienone is 2. The summed E-state index contributed by atoms with van der Waals surface area (Å²) in [5.74, 6) is -0.500. The van der Waals surface area contributed by atoms with Crippen LogP contribution >= 0.6 is 0 Å². The first kappa shape index (κ1) is 19.5. The second-order valence-corrected chi connectivity index (χ2v) is 8.02. The standard InChI is InChI=1S/C20H27F3N4O/c21-20(22,23)19-25-17(16-13-24-9-12-27(16)19)14-7-10-26(11-8-14)18(28)15-5-3-1-2-4-6-15/h1-2,14-15,24H,3-13H2. The second-order valence-electron chi connectivity index (χ2n) is 8.02. The number of carbonyl (C=O) groups is 1. The fraction of sp³-hybridized carbons (Fsp3) is 0.700. The van der Waals surface area contributed by atoms with Crippen LogP contribution in [0.25, 0.3) is 0 Å². The zero-order valence-corrected chi connectivity index (χ0v) is 16.0. The molecule has 0 radical (unpaired) electrons. The van der Waals surface area contributed by atoms with Gasteiger partial charge in [0.15, 0.2) is 0 Å². The Morgan fingerprint density at radius 3 is 2.39 bits per heavy atom. The molecule has 0 saturated carbocycles. The van der Waals surface area contributed by atoms with Gasteiger partial charge in [0.2, 0.25) is 11.7 Å². The Morgan fingerprint density at radius 1 is 1.07 bits per heavy atom. The number of carbonyl (C=O) groups excluding carboxylic acids is 1. The first-order chi connectivity index (χ1) is 13.4. The van der Waals surface area contributed by atoms with E-state index in [1.54, 1.807) is 0 Å². The van der Waals surface area contributed by atoms with Crippen LogP contribution in [0, 0.1) is 5.92 Å². The smallest absolute Gasteiger partial charge is 0.342 e. The van der Waals surface area contributed by atoms with Crippen molar-refractivity contribution in [3.63, 3.8) is 0 Å². The molecule has 0 bridgehead atoms. The normalized spacial score (nSPS) is 22.2. The largest absolute Gasteiger partial charge is 0.449 e. The number of alkyl halides is 3. The molecule has 28 heavy (non-hydrogen) atoms. The van der Waals surface area contributed by atoms with Crippen LogP contribution < -0.4 is 5.32 Å². The minimum Gasteiger partial charge on any atom is -0.342 e. The number of hydrogen-bond donors (Lipinski definition) is 1. The SMILES string of the molecule is O=C(C1CCC=CCC1)N1CCC(c2nc(C(F)(F)F)n3c2CNCC3)CC1. The summed E-state index contributed by atoms with van der Waals surface area (Å²) in [6.45, 7) is 2.45. The van der Waals surface area contributed by atoms with Gasteiger partial charge in [-0.25, -0.2) is 4.98 Å². The summed E-state index contributed by atoms with van der Waals surface area (Å²) in [6, 6.07) is 0. The molecule has 0 aromatic carbocycles. The number of fused-ring (bicyclic) bond motifs is 1. The zero-order chi connectivity index (χ0) is 19.7. The van der Waals surface area contributed by atoms with Gasteiger partial charge in [-0.15, -0.1) is 0 Å². The third-order valence-electron chi connectivity index (χ3n) is 6.23. The summed E-state index contributed by atoms with van der Waals surface area (Å²) < 4.78 is 41.5. The lowest BCUT2D eigenvalue weighted by Crippen LogP contribution is -2.41. The van der Waals surface area contributed by atoms with E-state index in [2.05, 4.69) is 22.5 Å². The van der Waals surface area contributed by atoms with Crippen molar-refractivity contribution in [2.75, 3.05) is 19.6 Å². The van der Waals surface area contributed by atoms with E-state index in [1.165, 1.54) is 4.57 Å². The second kappa shape index (κ2) is 7.89. The maximum absolute atomic E-state index is 13.4. The highest BCUT2D eigenvalue weighted by atomic mass is 19.4. The summed E-state index contributed by atoms with van der Waals surface area (Å²) in [4.78, 5) is 18.8. The van der Waals surface area contributed by atoms with Crippen LogP contribution in [0.1, 0.15) is 61.7 Å². The number of likely N-dealkylation sites (tertiary alicyclic amines) is 1. The molecule has 1 aromatic rings. The molecule has 1 fully saturated rings. The first-order valence-corrected chi connectivity index (χ1v) is 10.3. The van der Waals surface area contributed by atoms with Gasteiger partial charge in [-0.1, -0.05) is 12.2 Å². The summed E-state index contributed by atoms with van der Waals surface area (Å²) in [7, 11) is 0. The lowest BCUT2D eigenvalue weighted by atomic mass is 9.90. The zero-order valence-electron chi connectivity index (χ0n) is 16.0.